The molecule has 0 aliphatic carbocycles. The van der Waals surface area contributed by atoms with Crippen molar-refractivity contribution in [2.45, 2.75) is 30.6 Å². The smallest absolute Gasteiger partial charge is 0.240 e. The van der Waals surface area contributed by atoms with E-state index in [4.69, 9.17) is 28.9 Å². The highest BCUT2D eigenvalue weighted by molar-refractivity contribution is 7.89. The summed E-state index contributed by atoms with van der Waals surface area (Å²) in [5.74, 6) is 0. The van der Waals surface area contributed by atoms with Crippen LogP contribution >= 0.6 is 23.2 Å². The fraction of sp³-hybridized carbons (Fsp3) is 0.500. The summed E-state index contributed by atoms with van der Waals surface area (Å²) in [5, 5.41) is 0.603. The van der Waals surface area contributed by atoms with Gasteiger partial charge in [-0.2, -0.15) is 0 Å². The maximum Gasteiger partial charge on any atom is 0.240 e. The van der Waals surface area contributed by atoms with Gasteiger partial charge in [0.1, 0.15) is 0 Å². The minimum absolute atomic E-state index is 0.0898. The lowest BCUT2D eigenvalue weighted by Gasteiger charge is -2.07. The SMILES string of the molecule is NCCCCCCNS(=O)(=O)c1cc(Cl)cc(Cl)c1. The third-order valence-corrected chi connectivity index (χ3v) is 4.45. The molecule has 0 bridgehead atoms. The van der Waals surface area contributed by atoms with Gasteiger partial charge in [-0.25, -0.2) is 13.1 Å². The fourth-order valence-electron chi connectivity index (χ4n) is 1.60. The summed E-state index contributed by atoms with van der Waals surface area (Å²) < 4.78 is 26.5. The molecular weight excluding hydrogens is 307 g/mol. The molecule has 0 heterocycles. The van der Waals surface area contributed by atoms with E-state index >= 15 is 0 Å². The number of nitrogens with one attached hydrogen (secondary N) is 1. The highest BCUT2D eigenvalue weighted by atomic mass is 35.5. The Labute approximate surface area is 124 Å². The third kappa shape index (κ3) is 6.10. The predicted molar refractivity (Wildman–Crippen MR) is 79.2 cm³/mol. The van der Waals surface area contributed by atoms with E-state index < -0.39 is 10.0 Å². The number of hydrogen-bond acceptors (Lipinski definition) is 3. The van der Waals surface area contributed by atoms with Crippen LogP contribution in [-0.4, -0.2) is 21.5 Å². The Bertz CT molecular complexity index is 486. The van der Waals surface area contributed by atoms with E-state index in [1.54, 1.807) is 0 Å². The van der Waals surface area contributed by atoms with Crippen molar-refractivity contribution in [1.29, 1.82) is 0 Å². The van der Waals surface area contributed by atoms with Crippen LogP contribution < -0.4 is 10.5 Å². The zero-order valence-corrected chi connectivity index (χ0v) is 12.9. The van der Waals surface area contributed by atoms with E-state index in [-0.39, 0.29) is 4.90 Å². The van der Waals surface area contributed by atoms with Crippen LogP contribution in [0.2, 0.25) is 10.0 Å². The number of unbranched alkanes of at least 4 members (excludes halogenated alkanes) is 3. The lowest BCUT2D eigenvalue weighted by molar-refractivity contribution is 0.572. The summed E-state index contributed by atoms with van der Waals surface area (Å²) in [6.07, 6.45) is 3.72. The zero-order valence-electron chi connectivity index (χ0n) is 10.5. The topological polar surface area (TPSA) is 72.2 Å². The van der Waals surface area contributed by atoms with E-state index in [2.05, 4.69) is 4.72 Å². The largest absolute Gasteiger partial charge is 0.330 e. The Hall–Kier alpha value is -0.330. The second kappa shape index (κ2) is 8.07. The lowest BCUT2D eigenvalue weighted by atomic mass is 10.2. The van der Waals surface area contributed by atoms with Gasteiger partial charge in [-0.1, -0.05) is 36.0 Å². The summed E-state index contributed by atoms with van der Waals surface area (Å²) >= 11 is 11.6. The molecule has 0 aromatic heterocycles. The molecule has 108 valence electrons. The lowest BCUT2D eigenvalue weighted by Crippen LogP contribution is -2.24. The van der Waals surface area contributed by atoms with E-state index in [1.807, 2.05) is 0 Å². The van der Waals surface area contributed by atoms with Crippen molar-refractivity contribution in [1.82, 2.24) is 4.72 Å². The molecule has 1 rings (SSSR count). The van der Waals surface area contributed by atoms with Crippen LogP contribution in [0.3, 0.4) is 0 Å². The molecule has 0 spiro atoms. The first-order valence-electron chi connectivity index (χ1n) is 6.11. The molecule has 0 aliphatic rings. The Morgan fingerprint density at radius 3 is 2.16 bits per heavy atom. The number of benzene rings is 1. The highest BCUT2D eigenvalue weighted by Gasteiger charge is 2.14. The van der Waals surface area contributed by atoms with Crippen molar-refractivity contribution in [3.63, 3.8) is 0 Å². The number of sulfonamides is 1. The van der Waals surface area contributed by atoms with Gasteiger partial charge in [0, 0.05) is 16.6 Å². The Balaban J connectivity index is 2.51. The molecular formula is C12H18Cl2N2O2S. The Morgan fingerprint density at radius 2 is 1.58 bits per heavy atom. The van der Waals surface area contributed by atoms with E-state index in [0.717, 1.165) is 25.7 Å². The van der Waals surface area contributed by atoms with Gasteiger partial charge in [0.25, 0.3) is 0 Å². The molecule has 0 radical (unpaired) electrons. The molecule has 1 aromatic carbocycles. The predicted octanol–water partition coefficient (Wildman–Crippen LogP) is 2.79. The molecule has 0 saturated heterocycles. The number of hydrogen-bond donors (Lipinski definition) is 2. The molecule has 19 heavy (non-hydrogen) atoms. The monoisotopic (exact) mass is 324 g/mol. The van der Waals surface area contributed by atoms with Crippen molar-refractivity contribution in [2.75, 3.05) is 13.1 Å². The van der Waals surface area contributed by atoms with Gasteiger partial charge in [-0.3, -0.25) is 0 Å². The Kier molecular flexibility index (Phi) is 7.10. The fourth-order valence-corrected chi connectivity index (χ4v) is 3.40. The first-order chi connectivity index (χ1) is 8.95. The minimum Gasteiger partial charge on any atom is -0.330 e. The van der Waals surface area contributed by atoms with E-state index in [1.165, 1.54) is 18.2 Å². The van der Waals surface area contributed by atoms with Gasteiger partial charge in [-0.05, 0) is 37.6 Å². The van der Waals surface area contributed by atoms with Crippen LogP contribution in [-0.2, 0) is 10.0 Å². The number of halogens is 2. The second-order valence-corrected chi connectivity index (χ2v) is 6.85. The van der Waals surface area contributed by atoms with Gasteiger partial charge in [0.05, 0.1) is 4.90 Å². The molecule has 1 aromatic rings. The first kappa shape index (κ1) is 16.7. The molecule has 0 unspecified atom stereocenters. The first-order valence-corrected chi connectivity index (χ1v) is 8.35. The van der Waals surface area contributed by atoms with Gasteiger partial charge in [0.2, 0.25) is 10.0 Å². The van der Waals surface area contributed by atoms with Gasteiger partial charge < -0.3 is 5.73 Å². The third-order valence-electron chi connectivity index (χ3n) is 2.57. The zero-order chi connectivity index (χ0) is 14.3. The summed E-state index contributed by atoms with van der Waals surface area (Å²) in [6, 6.07) is 4.25. The van der Waals surface area contributed by atoms with Gasteiger partial charge in [0.15, 0.2) is 0 Å². The standard InChI is InChI=1S/C12H18Cl2N2O2S/c13-10-7-11(14)9-12(8-10)19(17,18)16-6-4-2-1-3-5-15/h7-9,16H,1-6,15H2. The van der Waals surface area contributed by atoms with Crippen LogP contribution in [0.1, 0.15) is 25.7 Å². The summed E-state index contributed by atoms with van der Waals surface area (Å²) in [7, 11) is -3.54. The Morgan fingerprint density at radius 1 is 1.00 bits per heavy atom. The maximum absolute atomic E-state index is 12.0. The van der Waals surface area contributed by atoms with Crippen molar-refractivity contribution >= 4 is 33.2 Å². The summed E-state index contributed by atoms with van der Waals surface area (Å²) in [4.78, 5) is 0.0898. The second-order valence-electron chi connectivity index (χ2n) is 4.21. The molecule has 0 amide bonds. The van der Waals surface area contributed by atoms with Crippen molar-refractivity contribution in [3.8, 4) is 0 Å². The average molecular weight is 325 g/mol. The van der Waals surface area contributed by atoms with Crippen LogP contribution in [0, 0.1) is 0 Å². The van der Waals surface area contributed by atoms with Crippen LogP contribution in [0.4, 0.5) is 0 Å². The minimum atomic E-state index is -3.54. The number of rotatable bonds is 8. The molecule has 0 fully saturated rings. The summed E-state index contributed by atoms with van der Waals surface area (Å²) in [6.45, 7) is 1.07. The molecule has 3 N–H and O–H groups in total. The van der Waals surface area contributed by atoms with Gasteiger partial charge >= 0.3 is 0 Å². The molecule has 7 heteroatoms. The van der Waals surface area contributed by atoms with E-state index in [0.29, 0.717) is 23.1 Å². The van der Waals surface area contributed by atoms with Crippen LogP contribution in [0.15, 0.2) is 23.1 Å². The number of nitrogens with two attached hydrogens (primary N) is 1. The van der Waals surface area contributed by atoms with Gasteiger partial charge in [-0.15, -0.1) is 0 Å². The summed E-state index contributed by atoms with van der Waals surface area (Å²) in [5.41, 5.74) is 5.38. The molecule has 4 nitrogen and oxygen atoms in total. The maximum atomic E-state index is 12.0. The highest BCUT2D eigenvalue weighted by Crippen LogP contribution is 2.22. The average Bonchev–Trinajstić information content (AvgIpc) is 2.32. The van der Waals surface area contributed by atoms with Crippen LogP contribution in [0.5, 0.6) is 0 Å². The van der Waals surface area contributed by atoms with Crippen molar-refractivity contribution in [3.05, 3.63) is 28.2 Å². The molecule has 0 atom stereocenters. The van der Waals surface area contributed by atoms with Crippen LogP contribution in [0.25, 0.3) is 0 Å². The quantitative estimate of drug-likeness (QED) is 0.722. The van der Waals surface area contributed by atoms with Crippen molar-refractivity contribution in [2.24, 2.45) is 5.73 Å². The normalized spacial score (nSPS) is 11.7. The van der Waals surface area contributed by atoms with E-state index in [9.17, 15) is 8.42 Å². The van der Waals surface area contributed by atoms with Crippen molar-refractivity contribution < 1.29 is 8.42 Å². The molecule has 0 aliphatic heterocycles. The molecule has 0 saturated carbocycles.